The van der Waals surface area contributed by atoms with E-state index in [0.717, 1.165) is 11.5 Å². The van der Waals surface area contributed by atoms with E-state index < -0.39 is 0 Å². The van der Waals surface area contributed by atoms with Gasteiger partial charge in [-0.3, -0.25) is 4.99 Å². The van der Waals surface area contributed by atoms with E-state index in [2.05, 4.69) is 48.3 Å². The molecule has 0 amide bonds. The molecule has 1 aromatic heterocycles. The van der Waals surface area contributed by atoms with Gasteiger partial charge in [-0.1, -0.05) is 38.5 Å². The summed E-state index contributed by atoms with van der Waals surface area (Å²) in [5.41, 5.74) is 1.18. The smallest absolute Gasteiger partial charge is 0.213 e. The van der Waals surface area contributed by atoms with E-state index in [-0.39, 0.29) is 29.4 Å². The Labute approximate surface area is 172 Å². The largest absolute Gasteiger partial charge is 0.492 e. The SMILES string of the molecule is CN=C(NCCOc1ccc(C)cc1)NCc1ncc(C(C)(C)C)o1.I. The average molecular weight is 472 g/mol. The standard InChI is InChI=1S/C19H28N4O2.HI/c1-14-6-8-15(9-7-14)24-11-10-21-18(20-5)23-13-17-22-12-16(25-17)19(2,3)4;/h6-9,12H,10-11,13H2,1-5H3,(H2,20,21,23);1H. The molecule has 26 heavy (non-hydrogen) atoms. The predicted octanol–water partition coefficient (Wildman–Crippen LogP) is 3.64. The van der Waals surface area contributed by atoms with Gasteiger partial charge < -0.3 is 19.8 Å². The van der Waals surface area contributed by atoms with Gasteiger partial charge in [0.25, 0.3) is 0 Å². The fourth-order valence-corrected chi connectivity index (χ4v) is 2.09. The number of benzene rings is 1. The quantitative estimate of drug-likeness (QED) is 0.291. The van der Waals surface area contributed by atoms with E-state index in [1.165, 1.54) is 5.56 Å². The van der Waals surface area contributed by atoms with Crippen molar-refractivity contribution in [2.24, 2.45) is 4.99 Å². The molecule has 6 nitrogen and oxygen atoms in total. The van der Waals surface area contributed by atoms with Crippen molar-refractivity contribution in [3.05, 3.63) is 47.7 Å². The molecule has 2 rings (SSSR count). The van der Waals surface area contributed by atoms with Gasteiger partial charge in [0, 0.05) is 12.5 Å². The van der Waals surface area contributed by atoms with Gasteiger partial charge in [0.1, 0.15) is 18.1 Å². The highest BCUT2D eigenvalue weighted by Gasteiger charge is 2.19. The van der Waals surface area contributed by atoms with Crippen molar-refractivity contribution < 1.29 is 9.15 Å². The number of ether oxygens (including phenoxy) is 1. The van der Waals surface area contributed by atoms with Crippen LogP contribution in [0.25, 0.3) is 0 Å². The predicted molar refractivity (Wildman–Crippen MR) is 115 cm³/mol. The maximum absolute atomic E-state index is 5.76. The Morgan fingerprint density at radius 1 is 1.19 bits per heavy atom. The summed E-state index contributed by atoms with van der Waals surface area (Å²) in [7, 11) is 1.73. The minimum Gasteiger partial charge on any atom is -0.492 e. The second-order valence-electron chi connectivity index (χ2n) is 6.88. The third-order valence-corrected chi connectivity index (χ3v) is 3.61. The molecule has 2 N–H and O–H groups in total. The molecule has 0 aliphatic rings. The highest BCUT2D eigenvalue weighted by atomic mass is 127. The molecule has 0 aliphatic heterocycles. The molecule has 0 fully saturated rings. The topological polar surface area (TPSA) is 71.7 Å². The number of hydrogen-bond acceptors (Lipinski definition) is 4. The number of hydrogen-bond donors (Lipinski definition) is 2. The Balaban J connectivity index is 0.00000338. The molecule has 0 saturated carbocycles. The number of nitrogens with one attached hydrogen (secondary N) is 2. The molecule has 2 aromatic rings. The summed E-state index contributed by atoms with van der Waals surface area (Å²) in [6, 6.07) is 8.01. The third kappa shape index (κ3) is 7.23. The Bertz CT molecular complexity index is 690. The molecule has 144 valence electrons. The first-order valence-corrected chi connectivity index (χ1v) is 8.47. The van der Waals surface area contributed by atoms with Crippen LogP contribution in [0.5, 0.6) is 5.75 Å². The number of halogens is 1. The first kappa shape index (κ1) is 22.3. The maximum atomic E-state index is 5.76. The fraction of sp³-hybridized carbons (Fsp3) is 0.474. The Kier molecular flexibility index (Phi) is 8.91. The van der Waals surface area contributed by atoms with Gasteiger partial charge >= 0.3 is 0 Å². The lowest BCUT2D eigenvalue weighted by molar-refractivity contribution is 0.321. The van der Waals surface area contributed by atoms with Gasteiger partial charge in [0.15, 0.2) is 5.96 Å². The third-order valence-electron chi connectivity index (χ3n) is 3.61. The molecule has 0 aliphatic carbocycles. The van der Waals surface area contributed by atoms with Gasteiger partial charge in [-0.15, -0.1) is 24.0 Å². The summed E-state index contributed by atoms with van der Waals surface area (Å²) in [4.78, 5) is 8.48. The molecular formula is C19H29IN4O2. The van der Waals surface area contributed by atoms with Gasteiger partial charge in [0.05, 0.1) is 19.3 Å². The second-order valence-corrected chi connectivity index (χ2v) is 6.88. The van der Waals surface area contributed by atoms with Crippen LogP contribution < -0.4 is 15.4 Å². The van der Waals surface area contributed by atoms with Crippen molar-refractivity contribution in [2.45, 2.75) is 39.7 Å². The second kappa shape index (κ2) is 10.4. The molecule has 1 aromatic carbocycles. The van der Waals surface area contributed by atoms with E-state index in [1.54, 1.807) is 13.2 Å². The van der Waals surface area contributed by atoms with Crippen LogP contribution in [-0.2, 0) is 12.0 Å². The molecule has 0 atom stereocenters. The number of oxazole rings is 1. The molecule has 0 radical (unpaired) electrons. The molecule has 0 unspecified atom stereocenters. The summed E-state index contributed by atoms with van der Waals surface area (Å²) in [6.45, 7) is 10.0. The highest BCUT2D eigenvalue weighted by Crippen LogP contribution is 2.22. The fourth-order valence-electron chi connectivity index (χ4n) is 2.09. The summed E-state index contributed by atoms with van der Waals surface area (Å²) >= 11 is 0. The van der Waals surface area contributed by atoms with E-state index in [9.17, 15) is 0 Å². The minimum absolute atomic E-state index is 0. The van der Waals surface area contributed by atoms with E-state index in [1.807, 2.05) is 24.3 Å². The first-order chi connectivity index (χ1) is 11.9. The van der Waals surface area contributed by atoms with E-state index in [0.29, 0.717) is 31.5 Å². The molecule has 0 bridgehead atoms. The zero-order valence-corrected chi connectivity index (χ0v) is 18.5. The molecule has 7 heteroatoms. The number of rotatable bonds is 6. The van der Waals surface area contributed by atoms with Crippen LogP contribution in [0, 0.1) is 6.92 Å². The maximum Gasteiger partial charge on any atom is 0.213 e. The summed E-state index contributed by atoms with van der Waals surface area (Å²) in [5, 5.41) is 6.39. The number of guanidine groups is 1. The Hall–Kier alpha value is -1.77. The van der Waals surface area contributed by atoms with Gasteiger partial charge in [-0.2, -0.15) is 0 Å². The van der Waals surface area contributed by atoms with Crippen LogP contribution in [0.2, 0.25) is 0 Å². The van der Waals surface area contributed by atoms with Crippen LogP contribution in [-0.4, -0.2) is 31.1 Å². The summed E-state index contributed by atoms with van der Waals surface area (Å²) < 4.78 is 11.4. The van der Waals surface area contributed by atoms with Crippen molar-refractivity contribution in [1.29, 1.82) is 0 Å². The lowest BCUT2D eigenvalue weighted by Crippen LogP contribution is -2.38. The summed E-state index contributed by atoms with van der Waals surface area (Å²) in [6.07, 6.45) is 1.78. The van der Waals surface area contributed by atoms with Crippen molar-refractivity contribution in [2.75, 3.05) is 20.2 Å². The van der Waals surface area contributed by atoms with Crippen LogP contribution in [0.4, 0.5) is 0 Å². The lowest BCUT2D eigenvalue weighted by Gasteiger charge is -2.13. The summed E-state index contributed by atoms with van der Waals surface area (Å²) in [5.74, 6) is 3.07. The zero-order chi connectivity index (χ0) is 18.3. The number of aliphatic imine (C=N–C) groups is 1. The Morgan fingerprint density at radius 3 is 2.46 bits per heavy atom. The lowest BCUT2D eigenvalue weighted by atomic mass is 9.94. The van der Waals surface area contributed by atoms with Gasteiger partial charge in [-0.25, -0.2) is 4.98 Å². The number of nitrogens with zero attached hydrogens (tertiary/aromatic N) is 2. The van der Waals surface area contributed by atoms with Crippen LogP contribution in [0.1, 0.15) is 38.0 Å². The normalized spacial score (nSPS) is 11.7. The van der Waals surface area contributed by atoms with Crippen LogP contribution in [0.3, 0.4) is 0 Å². The van der Waals surface area contributed by atoms with Gasteiger partial charge in [0.2, 0.25) is 5.89 Å². The van der Waals surface area contributed by atoms with Crippen LogP contribution >= 0.6 is 24.0 Å². The number of aromatic nitrogens is 1. The molecule has 1 heterocycles. The number of aryl methyl sites for hydroxylation is 1. The zero-order valence-electron chi connectivity index (χ0n) is 16.1. The molecule has 0 spiro atoms. The monoisotopic (exact) mass is 472 g/mol. The minimum atomic E-state index is -0.0432. The van der Waals surface area contributed by atoms with Crippen molar-refractivity contribution >= 4 is 29.9 Å². The van der Waals surface area contributed by atoms with E-state index >= 15 is 0 Å². The molecular weight excluding hydrogens is 443 g/mol. The van der Waals surface area contributed by atoms with Crippen LogP contribution in [0.15, 0.2) is 39.9 Å². The molecule has 0 saturated heterocycles. The first-order valence-electron chi connectivity index (χ1n) is 8.47. The van der Waals surface area contributed by atoms with Crippen molar-refractivity contribution in [1.82, 2.24) is 15.6 Å². The highest BCUT2D eigenvalue weighted by molar-refractivity contribution is 14.0. The Morgan fingerprint density at radius 2 is 1.88 bits per heavy atom. The van der Waals surface area contributed by atoms with Gasteiger partial charge in [-0.05, 0) is 19.1 Å². The van der Waals surface area contributed by atoms with Crippen molar-refractivity contribution in [3.8, 4) is 5.75 Å². The van der Waals surface area contributed by atoms with Crippen molar-refractivity contribution in [3.63, 3.8) is 0 Å². The van der Waals surface area contributed by atoms with E-state index in [4.69, 9.17) is 9.15 Å². The average Bonchev–Trinajstić information content (AvgIpc) is 3.05.